The van der Waals surface area contributed by atoms with Gasteiger partial charge in [0, 0.05) is 32.3 Å². The van der Waals surface area contributed by atoms with Crippen LogP contribution in [0.25, 0.3) is 0 Å². The van der Waals surface area contributed by atoms with Crippen LogP contribution in [0.4, 0.5) is 0 Å². The van der Waals surface area contributed by atoms with Gasteiger partial charge in [0.25, 0.3) is 5.56 Å². The van der Waals surface area contributed by atoms with Crippen molar-refractivity contribution in [2.75, 3.05) is 20.2 Å². The smallest absolute Gasteiger partial charge is 0.328 e. The zero-order valence-electron chi connectivity index (χ0n) is 14.5. The Morgan fingerprint density at radius 3 is 2.69 bits per heavy atom. The van der Waals surface area contributed by atoms with E-state index in [-0.39, 0.29) is 18.0 Å². The molecule has 8 nitrogen and oxygen atoms in total. The number of fused-ring (bicyclic) bond motifs is 1. The zero-order valence-corrected chi connectivity index (χ0v) is 15.3. The van der Waals surface area contributed by atoms with Crippen molar-refractivity contribution in [1.82, 2.24) is 13.9 Å². The summed E-state index contributed by atoms with van der Waals surface area (Å²) in [5.74, 6) is 0. The fraction of sp³-hybridized carbons (Fsp3) is 0.412. The third kappa shape index (κ3) is 3.64. The minimum absolute atomic E-state index is 0.188. The fourth-order valence-electron chi connectivity index (χ4n) is 3.01. The summed E-state index contributed by atoms with van der Waals surface area (Å²) in [6.45, 7) is 1.23. The first kappa shape index (κ1) is 18.6. The molecule has 140 valence electrons. The van der Waals surface area contributed by atoms with Gasteiger partial charge in [-0.2, -0.15) is 0 Å². The van der Waals surface area contributed by atoms with Crippen molar-refractivity contribution in [2.24, 2.45) is 0 Å². The Morgan fingerprint density at radius 1 is 1.23 bits per heavy atom. The maximum absolute atomic E-state index is 12.5. The van der Waals surface area contributed by atoms with E-state index in [2.05, 4.69) is 4.98 Å². The van der Waals surface area contributed by atoms with Crippen LogP contribution >= 0.6 is 0 Å². The predicted octanol–water partition coefficient (Wildman–Crippen LogP) is 0.320. The van der Waals surface area contributed by atoms with Crippen LogP contribution in [0.1, 0.15) is 17.7 Å². The number of aromatic nitrogens is 2. The van der Waals surface area contributed by atoms with Gasteiger partial charge < -0.3 is 4.74 Å². The Kier molecular flexibility index (Phi) is 5.40. The summed E-state index contributed by atoms with van der Waals surface area (Å²) < 4.78 is 33.1. The van der Waals surface area contributed by atoms with Crippen molar-refractivity contribution in [3.63, 3.8) is 0 Å². The van der Waals surface area contributed by atoms with E-state index in [1.165, 1.54) is 15.9 Å². The number of rotatable bonds is 6. The third-order valence-corrected chi connectivity index (χ3v) is 6.32. The van der Waals surface area contributed by atoms with E-state index in [0.29, 0.717) is 37.3 Å². The molecule has 0 saturated heterocycles. The summed E-state index contributed by atoms with van der Waals surface area (Å²) in [4.78, 5) is 26.5. The maximum atomic E-state index is 12.5. The Labute approximate surface area is 151 Å². The zero-order chi connectivity index (χ0) is 18.7. The average Bonchev–Trinajstić information content (AvgIpc) is 2.65. The molecular formula is C17H21N3O5S. The van der Waals surface area contributed by atoms with Crippen LogP contribution in [0, 0.1) is 0 Å². The van der Waals surface area contributed by atoms with Gasteiger partial charge in [0.2, 0.25) is 10.0 Å². The monoisotopic (exact) mass is 379 g/mol. The number of hydrogen-bond acceptors (Lipinski definition) is 5. The van der Waals surface area contributed by atoms with Gasteiger partial charge in [-0.15, -0.1) is 0 Å². The van der Waals surface area contributed by atoms with E-state index in [0.717, 1.165) is 0 Å². The van der Waals surface area contributed by atoms with Crippen LogP contribution < -0.4 is 11.2 Å². The second-order valence-corrected chi connectivity index (χ2v) is 8.18. The van der Waals surface area contributed by atoms with Gasteiger partial charge in [-0.1, -0.05) is 18.2 Å². The summed E-state index contributed by atoms with van der Waals surface area (Å²) >= 11 is 0. The molecule has 0 unspecified atom stereocenters. The van der Waals surface area contributed by atoms with Crippen LogP contribution in [0.2, 0.25) is 0 Å². The summed E-state index contributed by atoms with van der Waals surface area (Å²) in [6, 6.07) is 8.21. The Morgan fingerprint density at radius 2 is 1.96 bits per heavy atom. The van der Waals surface area contributed by atoms with E-state index in [1.54, 1.807) is 30.3 Å². The molecule has 0 bridgehead atoms. The highest BCUT2D eigenvalue weighted by molar-refractivity contribution is 7.89. The molecule has 2 aromatic rings. The predicted molar refractivity (Wildman–Crippen MR) is 95.6 cm³/mol. The number of nitrogens with one attached hydrogen (secondary N) is 1. The van der Waals surface area contributed by atoms with Crippen molar-refractivity contribution in [2.45, 2.75) is 30.9 Å². The molecule has 1 aromatic heterocycles. The van der Waals surface area contributed by atoms with Crippen molar-refractivity contribution >= 4 is 10.0 Å². The van der Waals surface area contributed by atoms with Gasteiger partial charge in [-0.05, 0) is 18.6 Å². The molecule has 1 aliphatic rings. The van der Waals surface area contributed by atoms with Crippen molar-refractivity contribution < 1.29 is 13.2 Å². The van der Waals surface area contributed by atoms with Crippen LogP contribution in [0.3, 0.4) is 0 Å². The molecular weight excluding hydrogens is 358 g/mol. The first-order chi connectivity index (χ1) is 12.4. The van der Waals surface area contributed by atoms with Crippen molar-refractivity contribution in [1.29, 1.82) is 0 Å². The van der Waals surface area contributed by atoms with Gasteiger partial charge in [-0.3, -0.25) is 14.3 Å². The third-order valence-electron chi connectivity index (χ3n) is 4.45. The first-order valence-electron chi connectivity index (χ1n) is 8.35. The Bertz CT molecular complexity index is 995. The van der Waals surface area contributed by atoms with Gasteiger partial charge in [0.15, 0.2) is 0 Å². The van der Waals surface area contributed by atoms with Gasteiger partial charge in [0.1, 0.15) is 0 Å². The van der Waals surface area contributed by atoms with E-state index < -0.39 is 21.3 Å². The summed E-state index contributed by atoms with van der Waals surface area (Å²) in [5.41, 5.74) is 0.272. The van der Waals surface area contributed by atoms with Crippen molar-refractivity contribution in [3.8, 4) is 0 Å². The van der Waals surface area contributed by atoms with Gasteiger partial charge >= 0.3 is 5.69 Å². The van der Waals surface area contributed by atoms with E-state index >= 15 is 0 Å². The van der Waals surface area contributed by atoms with Crippen LogP contribution in [0.5, 0.6) is 0 Å². The lowest BCUT2D eigenvalue weighted by atomic mass is 10.1. The lowest BCUT2D eigenvalue weighted by molar-refractivity contribution is 0.105. The molecule has 0 atom stereocenters. The van der Waals surface area contributed by atoms with Crippen LogP contribution in [-0.2, 0) is 34.3 Å². The molecule has 1 N–H and O–H groups in total. The summed E-state index contributed by atoms with van der Waals surface area (Å²) in [7, 11) is -2.04. The summed E-state index contributed by atoms with van der Waals surface area (Å²) in [5, 5.41) is 0. The van der Waals surface area contributed by atoms with Gasteiger partial charge in [0.05, 0.1) is 23.7 Å². The number of aromatic amines is 1. The number of sulfonamides is 1. The SMILES string of the molecule is CN(CCCn1c2c(c(=O)[nH]c1=O)COCC2)S(=O)(=O)c1ccccc1. The molecule has 1 aromatic carbocycles. The molecule has 0 radical (unpaired) electrons. The van der Waals surface area contributed by atoms with Gasteiger partial charge in [-0.25, -0.2) is 17.5 Å². The minimum atomic E-state index is -3.56. The molecule has 0 fully saturated rings. The second kappa shape index (κ2) is 7.56. The molecule has 9 heteroatoms. The normalized spacial score (nSPS) is 14.4. The highest BCUT2D eigenvalue weighted by Gasteiger charge is 2.21. The molecule has 1 aliphatic heterocycles. The molecule has 0 saturated carbocycles. The van der Waals surface area contributed by atoms with E-state index in [1.807, 2.05) is 0 Å². The molecule has 0 spiro atoms. The quantitative estimate of drug-likeness (QED) is 0.779. The molecule has 2 heterocycles. The highest BCUT2D eigenvalue weighted by atomic mass is 32.2. The molecule has 0 aliphatic carbocycles. The minimum Gasteiger partial charge on any atom is -0.376 e. The number of hydrogen-bond donors (Lipinski definition) is 1. The lowest BCUT2D eigenvalue weighted by Crippen LogP contribution is -2.38. The first-order valence-corrected chi connectivity index (χ1v) is 9.79. The van der Waals surface area contributed by atoms with Crippen LogP contribution in [0.15, 0.2) is 44.8 Å². The fourth-order valence-corrected chi connectivity index (χ4v) is 4.25. The number of benzene rings is 1. The number of ether oxygens (including phenoxy) is 1. The summed E-state index contributed by atoms with van der Waals surface area (Å²) in [6.07, 6.45) is 0.939. The van der Waals surface area contributed by atoms with E-state index in [9.17, 15) is 18.0 Å². The second-order valence-electron chi connectivity index (χ2n) is 6.13. The average molecular weight is 379 g/mol. The molecule has 0 amide bonds. The largest absolute Gasteiger partial charge is 0.376 e. The maximum Gasteiger partial charge on any atom is 0.328 e. The van der Waals surface area contributed by atoms with Crippen molar-refractivity contribution in [3.05, 3.63) is 62.4 Å². The lowest BCUT2D eigenvalue weighted by Gasteiger charge is -2.21. The Hall–Kier alpha value is -2.23. The van der Waals surface area contributed by atoms with E-state index in [4.69, 9.17) is 4.74 Å². The van der Waals surface area contributed by atoms with Crippen LogP contribution in [-0.4, -0.2) is 42.5 Å². The highest BCUT2D eigenvalue weighted by Crippen LogP contribution is 2.15. The number of nitrogens with zero attached hydrogens (tertiary/aromatic N) is 2. The Balaban J connectivity index is 1.73. The molecule has 26 heavy (non-hydrogen) atoms. The standard InChI is InChI=1S/C17H21N3O5S/c1-19(26(23,24)13-6-3-2-4-7-13)9-5-10-20-15-8-11-25-12-14(15)16(21)18-17(20)22/h2-4,6-7H,5,8-12H2,1H3,(H,18,21,22). The number of H-pyrrole nitrogens is 1. The topological polar surface area (TPSA) is 101 Å². The molecule has 3 rings (SSSR count).